The smallest absolute Gasteiger partial charge is 0.250 e. The van der Waals surface area contributed by atoms with Crippen LogP contribution in [0.3, 0.4) is 0 Å². The number of ether oxygens (including phenoxy) is 2. The van der Waals surface area contributed by atoms with Gasteiger partial charge in [0.15, 0.2) is 0 Å². The molecule has 0 aliphatic carbocycles. The molecule has 0 saturated carbocycles. The zero-order valence-corrected chi connectivity index (χ0v) is 11.3. The SMILES string of the molecule is C=C[C@@H](c1ccc(OC)cc1OC)[C@@](C)(O)C(N)=O. The second-order valence-electron chi connectivity index (χ2n) is 4.33. The topological polar surface area (TPSA) is 81.8 Å². The van der Waals surface area contributed by atoms with Gasteiger partial charge in [0.2, 0.25) is 5.91 Å². The van der Waals surface area contributed by atoms with Crippen LogP contribution in [0.15, 0.2) is 30.9 Å². The number of amides is 1. The van der Waals surface area contributed by atoms with Crippen molar-refractivity contribution in [3.63, 3.8) is 0 Å². The molecule has 0 fully saturated rings. The molecule has 0 saturated heterocycles. The summed E-state index contributed by atoms with van der Waals surface area (Å²) < 4.78 is 10.4. The van der Waals surface area contributed by atoms with Crippen molar-refractivity contribution in [2.24, 2.45) is 5.73 Å². The van der Waals surface area contributed by atoms with Crippen LogP contribution in [0.25, 0.3) is 0 Å². The number of methoxy groups -OCH3 is 2. The first kappa shape index (κ1) is 15.0. The van der Waals surface area contributed by atoms with Crippen molar-refractivity contribution in [2.75, 3.05) is 14.2 Å². The summed E-state index contributed by atoms with van der Waals surface area (Å²) in [5.74, 6) is -0.394. The summed E-state index contributed by atoms with van der Waals surface area (Å²) in [7, 11) is 3.04. The molecule has 1 aromatic rings. The predicted molar refractivity (Wildman–Crippen MR) is 72.3 cm³/mol. The normalized spacial score (nSPS) is 15.2. The molecule has 0 radical (unpaired) electrons. The van der Waals surface area contributed by atoms with E-state index in [4.69, 9.17) is 15.2 Å². The number of hydrogen-bond acceptors (Lipinski definition) is 4. The Balaban J connectivity index is 3.33. The average molecular weight is 265 g/mol. The van der Waals surface area contributed by atoms with Crippen LogP contribution >= 0.6 is 0 Å². The van der Waals surface area contributed by atoms with E-state index in [0.717, 1.165) is 0 Å². The second kappa shape index (κ2) is 5.75. The van der Waals surface area contributed by atoms with E-state index in [9.17, 15) is 9.90 Å². The fraction of sp³-hybridized carbons (Fsp3) is 0.357. The van der Waals surface area contributed by atoms with E-state index in [2.05, 4.69) is 6.58 Å². The quantitative estimate of drug-likeness (QED) is 0.757. The lowest BCUT2D eigenvalue weighted by Gasteiger charge is -2.29. The molecule has 104 valence electrons. The van der Waals surface area contributed by atoms with Gasteiger partial charge in [0.25, 0.3) is 0 Å². The third-order valence-electron chi connectivity index (χ3n) is 3.12. The Bertz CT molecular complexity index is 482. The molecule has 2 atom stereocenters. The van der Waals surface area contributed by atoms with Crippen molar-refractivity contribution in [2.45, 2.75) is 18.4 Å². The molecule has 0 unspecified atom stereocenters. The molecular formula is C14H19NO4. The maximum absolute atomic E-state index is 11.4. The summed E-state index contributed by atoms with van der Waals surface area (Å²) in [5.41, 5.74) is 4.10. The zero-order chi connectivity index (χ0) is 14.6. The first-order valence-electron chi connectivity index (χ1n) is 5.75. The Labute approximate surface area is 112 Å². The molecule has 3 N–H and O–H groups in total. The van der Waals surface area contributed by atoms with Crippen LogP contribution in [0.2, 0.25) is 0 Å². The Morgan fingerprint density at radius 1 is 1.47 bits per heavy atom. The summed E-state index contributed by atoms with van der Waals surface area (Å²) in [5, 5.41) is 10.2. The molecule has 0 aromatic heterocycles. The lowest BCUT2D eigenvalue weighted by Crippen LogP contribution is -2.45. The zero-order valence-electron chi connectivity index (χ0n) is 11.3. The highest BCUT2D eigenvalue weighted by atomic mass is 16.5. The Morgan fingerprint density at radius 3 is 2.53 bits per heavy atom. The summed E-state index contributed by atoms with van der Waals surface area (Å²) in [6, 6.07) is 5.09. The van der Waals surface area contributed by atoms with Crippen molar-refractivity contribution in [1.29, 1.82) is 0 Å². The first-order valence-corrected chi connectivity index (χ1v) is 5.75. The molecule has 1 rings (SSSR count). The van der Waals surface area contributed by atoms with Gasteiger partial charge in [-0.1, -0.05) is 12.1 Å². The highest BCUT2D eigenvalue weighted by Crippen LogP contribution is 2.37. The molecule has 1 aromatic carbocycles. The van der Waals surface area contributed by atoms with E-state index < -0.39 is 17.4 Å². The van der Waals surface area contributed by atoms with Gasteiger partial charge in [-0.15, -0.1) is 6.58 Å². The summed E-state index contributed by atoms with van der Waals surface area (Å²) in [4.78, 5) is 11.4. The van der Waals surface area contributed by atoms with E-state index >= 15 is 0 Å². The van der Waals surface area contributed by atoms with Crippen molar-refractivity contribution >= 4 is 5.91 Å². The van der Waals surface area contributed by atoms with Gasteiger partial charge in [-0.25, -0.2) is 0 Å². The Morgan fingerprint density at radius 2 is 2.11 bits per heavy atom. The van der Waals surface area contributed by atoms with Gasteiger partial charge in [0.1, 0.15) is 17.1 Å². The van der Waals surface area contributed by atoms with Gasteiger partial charge in [-0.2, -0.15) is 0 Å². The molecular weight excluding hydrogens is 246 g/mol. The van der Waals surface area contributed by atoms with Crippen molar-refractivity contribution in [3.05, 3.63) is 36.4 Å². The van der Waals surface area contributed by atoms with Gasteiger partial charge < -0.3 is 20.3 Å². The number of carbonyl (C=O) groups excluding carboxylic acids is 1. The molecule has 0 aliphatic rings. The van der Waals surface area contributed by atoms with Crippen LogP contribution in [0.4, 0.5) is 0 Å². The van der Waals surface area contributed by atoms with Gasteiger partial charge in [0, 0.05) is 17.5 Å². The highest BCUT2D eigenvalue weighted by Gasteiger charge is 2.38. The molecule has 0 heterocycles. The summed E-state index contributed by atoms with van der Waals surface area (Å²) in [6.45, 7) is 5.00. The Hall–Kier alpha value is -2.01. The molecule has 5 heteroatoms. The maximum atomic E-state index is 11.4. The third kappa shape index (κ3) is 2.88. The number of benzene rings is 1. The van der Waals surface area contributed by atoms with Crippen molar-refractivity contribution in [1.82, 2.24) is 0 Å². The van der Waals surface area contributed by atoms with Crippen LogP contribution in [-0.4, -0.2) is 30.8 Å². The molecule has 19 heavy (non-hydrogen) atoms. The van der Waals surface area contributed by atoms with E-state index in [0.29, 0.717) is 17.1 Å². The number of carbonyl (C=O) groups is 1. The Kier molecular flexibility index (Phi) is 4.56. The number of aliphatic hydroxyl groups is 1. The number of rotatable bonds is 6. The number of primary amides is 1. The van der Waals surface area contributed by atoms with Crippen LogP contribution in [-0.2, 0) is 4.79 Å². The van der Waals surface area contributed by atoms with E-state index in [1.165, 1.54) is 20.1 Å². The fourth-order valence-corrected chi connectivity index (χ4v) is 1.89. The monoisotopic (exact) mass is 265 g/mol. The molecule has 0 spiro atoms. The van der Waals surface area contributed by atoms with E-state index in [-0.39, 0.29) is 0 Å². The van der Waals surface area contributed by atoms with E-state index in [1.54, 1.807) is 25.3 Å². The minimum atomic E-state index is -1.75. The van der Waals surface area contributed by atoms with Crippen LogP contribution in [0, 0.1) is 0 Å². The number of nitrogens with two attached hydrogens (primary N) is 1. The predicted octanol–water partition coefficient (Wildman–Crippen LogP) is 1.21. The largest absolute Gasteiger partial charge is 0.497 e. The molecule has 0 bridgehead atoms. The molecule has 5 nitrogen and oxygen atoms in total. The van der Waals surface area contributed by atoms with Crippen LogP contribution < -0.4 is 15.2 Å². The number of hydrogen-bond donors (Lipinski definition) is 2. The average Bonchev–Trinajstić information content (AvgIpc) is 2.39. The molecule has 0 aliphatic heterocycles. The minimum Gasteiger partial charge on any atom is -0.497 e. The van der Waals surface area contributed by atoms with Crippen molar-refractivity contribution < 1.29 is 19.4 Å². The minimum absolute atomic E-state index is 0.491. The maximum Gasteiger partial charge on any atom is 0.250 e. The van der Waals surface area contributed by atoms with Gasteiger partial charge >= 0.3 is 0 Å². The second-order valence-corrected chi connectivity index (χ2v) is 4.33. The fourth-order valence-electron chi connectivity index (χ4n) is 1.89. The summed E-state index contributed by atoms with van der Waals surface area (Å²) in [6.07, 6.45) is 1.47. The third-order valence-corrected chi connectivity index (χ3v) is 3.12. The standard InChI is InChI=1S/C14H19NO4/c1-5-11(14(2,17)13(15)16)10-7-6-9(18-3)8-12(10)19-4/h5-8,11,17H,1H2,2-4H3,(H2,15,16)/t11-,14+/m0/s1. The van der Waals surface area contributed by atoms with Crippen LogP contribution in [0.5, 0.6) is 11.5 Å². The lowest BCUT2D eigenvalue weighted by atomic mass is 9.82. The van der Waals surface area contributed by atoms with Gasteiger partial charge in [-0.3, -0.25) is 4.79 Å². The first-order chi connectivity index (χ1) is 8.88. The van der Waals surface area contributed by atoms with Gasteiger partial charge in [0.05, 0.1) is 14.2 Å². The lowest BCUT2D eigenvalue weighted by molar-refractivity contribution is -0.135. The molecule has 1 amide bonds. The highest BCUT2D eigenvalue weighted by molar-refractivity contribution is 5.84. The van der Waals surface area contributed by atoms with Crippen LogP contribution in [0.1, 0.15) is 18.4 Å². The van der Waals surface area contributed by atoms with Gasteiger partial charge in [-0.05, 0) is 13.0 Å². The van der Waals surface area contributed by atoms with E-state index in [1.807, 2.05) is 0 Å². The van der Waals surface area contributed by atoms with Crippen molar-refractivity contribution in [3.8, 4) is 11.5 Å². The summed E-state index contributed by atoms with van der Waals surface area (Å²) >= 11 is 0.